The smallest absolute Gasteiger partial charge is 0.285 e. The highest BCUT2D eigenvalue weighted by Gasteiger charge is 2.45. The Kier molecular flexibility index (Phi) is 7.13. The van der Waals surface area contributed by atoms with Crippen molar-refractivity contribution < 1.29 is 23.5 Å². The maximum atomic E-state index is 14.6. The van der Waals surface area contributed by atoms with E-state index < -0.39 is 24.6 Å². The first-order valence-corrected chi connectivity index (χ1v) is 12.9. The number of alkyl halides is 2. The number of piperidine rings is 2. The number of rotatable bonds is 4. The number of hydrogen-bond acceptors (Lipinski definition) is 6. The van der Waals surface area contributed by atoms with Gasteiger partial charge < -0.3 is 20.2 Å². The maximum Gasteiger partial charge on any atom is 0.285 e. The standard InChI is InChI=1S/C27H33F2N5O3/c1-18(35)34-13-9-24(27(28,29)17-34)31-25-14-20(6-10-30-25)26(37)33-12-8-22(23(36)16-33)32-11-7-19-4-2-3-5-21(19)15-32/h2-6,10,14,22-24,36H,7-9,11-13,15-17H2,1H3,(H,30,31)/t22-,23-,24?/m0/s1. The fraction of sp³-hybridized carbons (Fsp3) is 0.519. The Balaban J connectivity index is 1.20. The minimum Gasteiger partial charge on any atom is -0.390 e. The lowest BCUT2D eigenvalue weighted by molar-refractivity contribution is -0.140. The number of fused-ring (bicyclic) bond motifs is 1. The SMILES string of the molecule is CC(=O)N1CCC(Nc2cc(C(=O)N3CC[C@H](N4CCc5ccccc5C4)[C@@H](O)C3)ccn2)C(F)(F)C1. The van der Waals surface area contributed by atoms with Crippen LogP contribution in [0.4, 0.5) is 14.6 Å². The fourth-order valence-electron chi connectivity index (χ4n) is 5.72. The van der Waals surface area contributed by atoms with Crippen LogP contribution in [0, 0.1) is 0 Å². The third-order valence-electron chi connectivity index (χ3n) is 7.84. The number of benzene rings is 1. The quantitative estimate of drug-likeness (QED) is 0.653. The predicted octanol–water partition coefficient (Wildman–Crippen LogP) is 2.38. The van der Waals surface area contributed by atoms with Gasteiger partial charge in [0.15, 0.2) is 0 Å². The van der Waals surface area contributed by atoms with Crippen molar-refractivity contribution in [1.29, 1.82) is 0 Å². The van der Waals surface area contributed by atoms with E-state index in [0.717, 1.165) is 24.4 Å². The van der Waals surface area contributed by atoms with Gasteiger partial charge in [-0.1, -0.05) is 24.3 Å². The van der Waals surface area contributed by atoms with E-state index in [4.69, 9.17) is 0 Å². The molecule has 0 saturated carbocycles. The highest BCUT2D eigenvalue weighted by molar-refractivity contribution is 5.95. The fourth-order valence-corrected chi connectivity index (χ4v) is 5.72. The second kappa shape index (κ2) is 10.3. The van der Waals surface area contributed by atoms with E-state index in [9.17, 15) is 23.5 Å². The highest BCUT2D eigenvalue weighted by Crippen LogP contribution is 2.30. The lowest BCUT2D eigenvalue weighted by Gasteiger charge is -2.43. The van der Waals surface area contributed by atoms with Crippen molar-refractivity contribution in [1.82, 2.24) is 19.7 Å². The van der Waals surface area contributed by atoms with Crippen LogP contribution in [0.3, 0.4) is 0 Å². The first-order valence-electron chi connectivity index (χ1n) is 12.9. The van der Waals surface area contributed by atoms with Gasteiger partial charge in [-0.25, -0.2) is 13.8 Å². The van der Waals surface area contributed by atoms with Crippen LogP contribution >= 0.6 is 0 Å². The van der Waals surface area contributed by atoms with Gasteiger partial charge in [0.1, 0.15) is 5.82 Å². The van der Waals surface area contributed by atoms with Gasteiger partial charge >= 0.3 is 0 Å². The van der Waals surface area contributed by atoms with Crippen molar-refractivity contribution in [3.05, 3.63) is 59.3 Å². The number of halogens is 2. The Bertz CT molecular complexity index is 1160. The van der Waals surface area contributed by atoms with Crippen LogP contribution in [0.15, 0.2) is 42.6 Å². The second-order valence-electron chi connectivity index (χ2n) is 10.3. The van der Waals surface area contributed by atoms with Crippen molar-refractivity contribution in [3.8, 4) is 0 Å². The largest absolute Gasteiger partial charge is 0.390 e. The number of β-amino-alcohol motifs (C(OH)–C–C–N with tert-alkyl or cyclic N) is 1. The van der Waals surface area contributed by atoms with E-state index in [1.54, 1.807) is 11.0 Å². The molecule has 4 heterocycles. The van der Waals surface area contributed by atoms with Crippen LogP contribution in [0.25, 0.3) is 0 Å². The molecule has 0 aliphatic carbocycles. The first-order chi connectivity index (χ1) is 17.7. The molecule has 8 nitrogen and oxygen atoms in total. The summed E-state index contributed by atoms with van der Waals surface area (Å²) in [4.78, 5) is 33.9. The van der Waals surface area contributed by atoms with E-state index >= 15 is 0 Å². The number of pyridine rings is 1. The molecule has 0 spiro atoms. The number of nitrogens with zero attached hydrogens (tertiary/aromatic N) is 4. The van der Waals surface area contributed by atoms with Gasteiger partial charge in [0, 0.05) is 57.4 Å². The summed E-state index contributed by atoms with van der Waals surface area (Å²) in [5.41, 5.74) is 2.97. The number of amides is 2. The molecule has 1 unspecified atom stereocenters. The van der Waals surface area contributed by atoms with Crippen LogP contribution in [-0.2, 0) is 17.8 Å². The summed E-state index contributed by atoms with van der Waals surface area (Å²) < 4.78 is 29.3. The van der Waals surface area contributed by atoms with E-state index in [-0.39, 0.29) is 43.2 Å². The molecule has 0 bridgehead atoms. The summed E-state index contributed by atoms with van der Waals surface area (Å²) in [6, 6.07) is 10.2. The normalized spacial score (nSPS) is 25.9. The monoisotopic (exact) mass is 513 g/mol. The molecule has 2 amide bonds. The first kappa shape index (κ1) is 25.5. The molecule has 2 fully saturated rings. The average molecular weight is 514 g/mol. The molecule has 3 atom stereocenters. The molecule has 1 aromatic carbocycles. The average Bonchev–Trinajstić information content (AvgIpc) is 2.89. The lowest BCUT2D eigenvalue weighted by Crippen LogP contribution is -2.56. The number of aliphatic hydroxyl groups excluding tert-OH is 1. The molecule has 2 N–H and O–H groups in total. The minimum absolute atomic E-state index is 0.0184. The molecular formula is C27H33F2N5O3. The Morgan fingerprint density at radius 1 is 1.08 bits per heavy atom. The maximum absolute atomic E-state index is 14.6. The Morgan fingerprint density at radius 2 is 1.84 bits per heavy atom. The van der Waals surface area contributed by atoms with Gasteiger partial charge in [0.05, 0.1) is 18.7 Å². The number of nitrogens with one attached hydrogen (secondary N) is 1. The number of likely N-dealkylation sites (tertiary alicyclic amines) is 2. The van der Waals surface area contributed by atoms with E-state index in [0.29, 0.717) is 18.5 Å². The summed E-state index contributed by atoms with van der Waals surface area (Å²) in [7, 11) is 0. The lowest BCUT2D eigenvalue weighted by atomic mass is 9.94. The van der Waals surface area contributed by atoms with Crippen LogP contribution in [-0.4, -0.2) is 93.4 Å². The van der Waals surface area contributed by atoms with Crippen LogP contribution < -0.4 is 5.32 Å². The zero-order valence-corrected chi connectivity index (χ0v) is 20.9. The second-order valence-corrected chi connectivity index (χ2v) is 10.3. The highest BCUT2D eigenvalue weighted by atomic mass is 19.3. The van der Waals surface area contributed by atoms with E-state index in [2.05, 4.69) is 33.4 Å². The minimum atomic E-state index is -3.12. The number of carbonyl (C=O) groups excluding carboxylic acids is 2. The van der Waals surface area contributed by atoms with Crippen LogP contribution in [0.1, 0.15) is 41.3 Å². The van der Waals surface area contributed by atoms with Crippen LogP contribution in [0.2, 0.25) is 0 Å². The summed E-state index contributed by atoms with van der Waals surface area (Å²) in [5, 5.41) is 13.7. The van der Waals surface area contributed by atoms with Gasteiger partial charge in [-0.15, -0.1) is 0 Å². The molecule has 10 heteroatoms. The molecule has 198 valence electrons. The zero-order chi connectivity index (χ0) is 26.2. The number of hydrogen-bond donors (Lipinski definition) is 2. The van der Waals surface area contributed by atoms with Crippen molar-refractivity contribution in [2.45, 2.75) is 56.8 Å². The summed E-state index contributed by atoms with van der Waals surface area (Å²) >= 11 is 0. The molecular weight excluding hydrogens is 480 g/mol. The number of anilines is 1. The van der Waals surface area contributed by atoms with Crippen molar-refractivity contribution >= 4 is 17.6 Å². The zero-order valence-electron chi connectivity index (χ0n) is 20.9. The summed E-state index contributed by atoms with van der Waals surface area (Å²) in [6.07, 6.45) is 2.43. The van der Waals surface area contributed by atoms with Crippen molar-refractivity contribution in [2.75, 3.05) is 38.0 Å². The van der Waals surface area contributed by atoms with Crippen molar-refractivity contribution in [2.24, 2.45) is 0 Å². The van der Waals surface area contributed by atoms with Gasteiger partial charge in [0.25, 0.3) is 11.8 Å². The topological polar surface area (TPSA) is 89.0 Å². The summed E-state index contributed by atoms with van der Waals surface area (Å²) in [6.45, 7) is 3.26. The predicted molar refractivity (Wildman–Crippen MR) is 134 cm³/mol. The summed E-state index contributed by atoms with van der Waals surface area (Å²) in [5.74, 6) is -3.56. The van der Waals surface area contributed by atoms with Gasteiger partial charge in [0.2, 0.25) is 5.91 Å². The van der Waals surface area contributed by atoms with E-state index in [1.165, 1.54) is 30.3 Å². The molecule has 5 rings (SSSR count). The molecule has 3 aliphatic rings. The number of carbonyl (C=O) groups is 2. The molecule has 0 radical (unpaired) electrons. The van der Waals surface area contributed by atoms with Crippen molar-refractivity contribution in [3.63, 3.8) is 0 Å². The molecule has 1 aromatic heterocycles. The third-order valence-corrected chi connectivity index (χ3v) is 7.84. The van der Waals surface area contributed by atoms with Crippen LogP contribution in [0.5, 0.6) is 0 Å². The third kappa shape index (κ3) is 5.45. The van der Waals surface area contributed by atoms with Gasteiger partial charge in [-0.05, 0) is 42.5 Å². The molecule has 2 saturated heterocycles. The van der Waals surface area contributed by atoms with E-state index in [1.807, 2.05) is 6.07 Å². The number of aromatic nitrogens is 1. The van der Waals surface area contributed by atoms with Gasteiger partial charge in [-0.3, -0.25) is 14.5 Å². The Labute approximate surface area is 215 Å². The Hall–Kier alpha value is -3.11. The number of aliphatic hydroxyl groups is 1. The molecule has 3 aliphatic heterocycles. The molecule has 2 aromatic rings. The Morgan fingerprint density at radius 3 is 2.57 bits per heavy atom. The van der Waals surface area contributed by atoms with Gasteiger partial charge in [-0.2, -0.15) is 0 Å². The molecule has 37 heavy (non-hydrogen) atoms.